The van der Waals surface area contributed by atoms with E-state index in [1.165, 1.54) is 0 Å². The van der Waals surface area contributed by atoms with Crippen LogP contribution in [0.3, 0.4) is 0 Å². The molecular formula is C10H18O4S. The minimum absolute atomic E-state index is 0.102. The van der Waals surface area contributed by atoms with E-state index in [0.29, 0.717) is 6.42 Å². The minimum Gasteiger partial charge on any atom is -0.393 e. The van der Waals surface area contributed by atoms with Crippen molar-refractivity contribution in [3.05, 3.63) is 0 Å². The van der Waals surface area contributed by atoms with Gasteiger partial charge >= 0.3 is 0 Å². The van der Waals surface area contributed by atoms with Crippen LogP contribution in [-0.4, -0.2) is 43.3 Å². The average Bonchev–Trinajstić information content (AvgIpc) is 2.50. The van der Waals surface area contributed by atoms with Crippen molar-refractivity contribution in [1.82, 2.24) is 0 Å². The lowest BCUT2D eigenvalue weighted by atomic mass is 9.95. The van der Waals surface area contributed by atoms with Gasteiger partial charge in [0.2, 0.25) is 0 Å². The highest BCUT2D eigenvalue weighted by Crippen LogP contribution is 2.25. The predicted molar refractivity (Wildman–Crippen MR) is 56.4 cm³/mol. The lowest BCUT2D eigenvalue weighted by molar-refractivity contribution is -0.0375. The van der Waals surface area contributed by atoms with Crippen LogP contribution in [0.25, 0.3) is 0 Å². The number of hydrogen-bond acceptors (Lipinski definition) is 4. The maximum absolute atomic E-state index is 11.2. The van der Waals surface area contributed by atoms with Crippen molar-refractivity contribution in [3.63, 3.8) is 0 Å². The van der Waals surface area contributed by atoms with Crippen LogP contribution in [0.5, 0.6) is 0 Å². The van der Waals surface area contributed by atoms with Gasteiger partial charge in [0, 0.05) is 0 Å². The molecule has 0 bridgehead atoms. The van der Waals surface area contributed by atoms with Crippen molar-refractivity contribution in [1.29, 1.82) is 0 Å². The standard InChI is InChI=1S/C10H18O4S/c11-8-1-3-9(4-2-8)14-10-5-6-15(12,13)7-10/h8-11H,1-7H2. The monoisotopic (exact) mass is 234 g/mol. The first-order chi connectivity index (χ1) is 7.05. The highest BCUT2D eigenvalue weighted by atomic mass is 32.2. The third-order valence-electron chi connectivity index (χ3n) is 3.22. The Bertz CT molecular complexity index is 303. The lowest BCUT2D eigenvalue weighted by Crippen LogP contribution is -2.29. The zero-order chi connectivity index (χ0) is 10.9. The van der Waals surface area contributed by atoms with Crippen molar-refractivity contribution >= 4 is 9.84 Å². The van der Waals surface area contributed by atoms with Crippen LogP contribution in [0, 0.1) is 0 Å². The van der Waals surface area contributed by atoms with Gasteiger partial charge in [-0.2, -0.15) is 0 Å². The van der Waals surface area contributed by atoms with Crippen molar-refractivity contribution in [3.8, 4) is 0 Å². The number of sulfone groups is 1. The summed E-state index contributed by atoms with van der Waals surface area (Å²) >= 11 is 0. The Hall–Kier alpha value is -0.130. The third kappa shape index (κ3) is 3.16. The van der Waals surface area contributed by atoms with Gasteiger partial charge in [0.15, 0.2) is 9.84 Å². The summed E-state index contributed by atoms with van der Waals surface area (Å²) in [5.41, 5.74) is 0. The summed E-state index contributed by atoms with van der Waals surface area (Å²) in [5, 5.41) is 9.32. The molecule has 1 aliphatic heterocycles. The van der Waals surface area contributed by atoms with E-state index in [0.717, 1.165) is 25.7 Å². The predicted octanol–water partition coefficient (Wildman–Crippen LogP) is 0.494. The van der Waals surface area contributed by atoms with Crippen molar-refractivity contribution < 1.29 is 18.3 Å². The summed E-state index contributed by atoms with van der Waals surface area (Å²) in [6, 6.07) is 0. The summed E-state index contributed by atoms with van der Waals surface area (Å²) in [5.74, 6) is 0.457. The van der Waals surface area contributed by atoms with E-state index in [1.54, 1.807) is 0 Å². The first kappa shape index (κ1) is 11.4. The Balaban J connectivity index is 1.78. The molecule has 0 spiro atoms. The van der Waals surface area contributed by atoms with Crippen molar-refractivity contribution in [2.45, 2.75) is 50.4 Å². The van der Waals surface area contributed by atoms with Gasteiger partial charge in [-0.05, 0) is 32.1 Å². The van der Waals surface area contributed by atoms with Crippen LogP contribution in [0.15, 0.2) is 0 Å². The van der Waals surface area contributed by atoms with Gasteiger partial charge in [0.25, 0.3) is 0 Å². The normalized spacial score (nSPS) is 40.5. The van der Waals surface area contributed by atoms with Gasteiger partial charge < -0.3 is 9.84 Å². The van der Waals surface area contributed by atoms with Crippen LogP contribution in [0.4, 0.5) is 0 Å². The number of aliphatic hydroxyl groups excluding tert-OH is 1. The maximum atomic E-state index is 11.2. The van der Waals surface area contributed by atoms with Gasteiger partial charge in [-0.1, -0.05) is 0 Å². The average molecular weight is 234 g/mol. The third-order valence-corrected chi connectivity index (χ3v) is 4.96. The fraction of sp³-hybridized carbons (Fsp3) is 1.00. The molecular weight excluding hydrogens is 216 g/mol. The molecule has 2 aliphatic rings. The van der Waals surface area contributed by atoms with Crippen molar-refractivity contribution in [2.75, 3.05) is 11.5 Å². The molecule has 1 aliphatic carbocycles. The van der Waals surface area contributed by atoms with E-state index in [9.17, 15) is 13.5 Å². The van der Waals surface area contributed by atoms with Gasteiger partial charge in [-0.25, -0.2) is 8.42 Å². The molecule has 1 saturated heterocycles. The Kier molecular flexibility index (Phi) is 3.33. The van der Waals surface area contributed by atoms with Gasteiger partial charge in [-0.3, -0.25) is 0 Å². The summed E-state index contributed by atoms with van der Waals surface area (Å²) < 4.78 is 28.2. The first-order valence-corrected chi connectivity index (χ1v) is 7.41. The number of hydrogen-bond donors (Lipinski definition) is 1. The molecule has 0 amide bonds. The molecule has 4 nitrogen and oxygen atoms in total. The molecule has 0 radical (unpaired) electrons. The largest absolute Gasteiger partial charge is 0.393 e. The van der Waals surface area contributed by atoms with E-state index < -0.39 is 9.84 Å². The van der Waals surface area contributed by atoms with Gasteiger partial charge in [0.05, 0.1) is 29.8 Å². The Morgan fingerprint density at radius 1 is 1.00 bits per heavy atom. The highest BCUT2D eigenvalue weighted by molar-refractivity contribution is 7.91. The topological polar surface area (TPSA) is 63.6 Å². The second-order valence-electron chi connectivity index (χ2n) is 4.59. The second-order valence-corrected chi connectivity index (χ2v) is 6.82. The zero-order valence-electron chi connectivity index (χ0n) is 8.76. The quantitative estimate of drug-likeness (QED) is 0.755. The number of ether oxygens (including phenoxy) is 1. The molecule has 5 heteroatoms. The van der Waals surface area contributed by atoms with Crippen LogP contribution < -0.4 is 0 Å². The maximum Gasteiger partial charge on any atom is 0.152 e. The van der Waals surface area contributed by atoms with E-state index in [1.807, 2.05) is 0 Å². The minimum atomic E-state index is -2.83. The van der Waals surface area contributed by atoms with Crippen molar-refractivity contribution in [2.24, 2.45) is 0 Å². The summed E-state index contributed by atoms with van der Waals surface area (Å²) in [4.78, 5) is 0. The van der Waals surface area contributed by atoms with Gasteiger partial charge in [0.1, 0.15) is 0 Å². The Morgan fingerprint density at radius 3 is 2.20 bits per heavy atom. The Morgan fingerprint density at radius 2 is 1.67 bits per heavy atom. The first-order valence-electron chi connectivity index (χ1n) is 5.59. The SMILES string of the molecule is O=S1(=O)CCC(OC2CCC(O)CC2)C1. The lowest BCUT2D eigenvalue weighted by Gasteiger charge is -2.27. The summed E-state index contributed by atoms with van der Waals surface area (Å²) in [7, 11) is -2.83. The molecule has 2 fully saturated rings. The molecule has 1 N–H and O–H groups in total. The van der Waals surface area contributed by atoms with E-state index in [2.05, 4.69) is 0 Å². The summed E-state index contributed by atoms with van der Waals surface area (Å²) in [6.45, 7) is 0. The number of aliphatic hydroxyl groups is 1. The molecule has 0 aromatic heterocycles. The zero-order valence-corrected chi connectivity index (χ0v) is 9.58. The smallest absolute Gasteiger partial charge is 0.152 e. The molecule has 2 rings (SSSR count). The van der Waals surface area contributed by atoms with Crippen LogP contribution in [0.1, 0.15) is 32.1 Å². The van der Waals surface area contributed by atoms with Crippen LogP contribution >= 0.6 is 0 Å². The molecule has 0 aromatic rings. The van der Waals surface area contributed by atoms with Crippen LogP contribution in [-0.2, 0) is 14.6 Å². The fourth-order valence-corrected chi connectivity index (χ4v) is 3.92. The second kappa shape index (κ2) is 4.39. The molecule has 1 heterocycles. The molecule has 88 valence electrons. The van der Waals surface area contributed by atoms with E-state index in [4.69, 9.17) is 4.74 Å². The molecule has 1 saturated carbocycles. The molecule has 0 aromatic carbocycles. The van der Waals surface area contributed by atoms with E-state index >= 15 is 0 Å². The molecule has 1 atom stereocenters. The highest BCUT2D eigenvalue weighted by Gasteiger charge is 2.31. The fourth-order valence-electron chi connectivity index (χ4n) is 2.32. The molecule has 1 unspecified atom stereocenters. The van der Waals surface area contributed by atoms with Gasteiger partial charge in [-0.15, -0.1) is 0 Å². The number of rotatable bonds is 2. The van der Waals surface area contributed by atoms with Crippen LogP contribution in [0.2, 0.25) is 0 Å². The Labute approximate surface area is 90.5 Å². The summed E-state index contributed by atoms with van der Waals surface area (Å²) in [6.07, 6.45) is 3.80. The molecule has 15 heavy (non-hydrogen) atoms. The van der Waals surface area contributed by atoms with E-state index in [-0.39, 0.29) is 29.8 Å².